The van der Waals surface area contributed by atoms with Crippen molar-refractivity contribution in [1.29, 1.82) is 0 Å². The number of carboxylic acid groups (broad SMARTS) is 1. The van der Waals surface area contributed by atoms with Crippen molar-refractivity contribution in [2.45, 2.75) is 4.90 Å². The minimum atomic E-state index is -4.21. The number of aliphatic carboxylic acids is 1. The van der Waals surface area contributed by atoms with E-state index in [1.54, 1.807) is 0 Å². The van der Waals surface area contributed by atoms with E-state index in [9.17, 15) is 22.0 Å². The first-order valence-corrected chi connectivity index (χ1v) is 7.69. The van der Waals surface area contributed by atoms with Crippen molar-refractivity contribution in [3.8, 4) is 5.75 Å². The summed E-state index contributed by atoms with van der Waals surface area (Å²) in [5.74, 6) is -3.13. The van der Waals surface area contributed by atoms with Crippen LogP contribution >= 0.6 is 0 Å². The molecule has 0 amide bonds. The molecule has 0 aliphatic carbocycles. The van der Waals surface area contributed by atoms with Gasteiger partial charge in [0.15, 0.2) is 6.61 Å². The first-order valence-electron chi connectivity index (χ1n) is 6.21. The molecule has 0 fully saturated rings. The number of carbonyl (C=O) groups is 1. The Hall–Kier alpha value is -2.68. The molecule has 0 heterocycles. The van der Waals surface area contributed by atoms with Gasteiger partial charge in [0.2, 0.25) is 0 Å². The summed E-state index contributed by atoms with van der Waals surface area (Å²) in [4.78, 5) is 10.1. The maximum Gasteiger partial charge on any atom is 0.341 e. The second-order valence-electron chi connectivity index (χ2n) is 4.36. The number of carboxylic acids is 1. The number of anilines is 1. The van der Waals surface area contributed by atoms with E-state index in [1.165, 1.54) is 12.1 Å². The molecule has 2 aromatic rings. The van der Waals surface area contributed by atoms with Gasteiger partial charge in [-0.05, 0) is 36.4 Å². The largest absolute Gasteiger partial charge is 0.482 e. The van der Waals surface area contributed by atoms with Crippen molar-refractivity contribution in [3.05, 3.63) is 54.1 Å². The number of hydrogen-bond donors (Lipinski definition) is 2. The van der Waals surface area contributed by atoms with Crippen LogP contribution in [0.1, 0.15) is 0 Å². The molecule has 0 aliphatic rings. The third kappa shape index (κ3) is 4.16. The highest BCUT2D eigenvalue weighted by Gasteiger charge is 2.19. The SMILES string of the molecule is O=C(O)COc1ccc(S(=O)(=O)Nc2c(F)cccc2F)cc1. The highest BCUT2D eigenvalue weighted by molar-refractivity contribution is 7.92. The molecule has 0 aliphatic heterocycles. The molecule has 6 nitrogen and oxygen atoms in total. The Morgan fingerprint density at radius 3 is 2.17 bits per heavy atom. The summed E-state index contributed by atoms with van der Waals surface area (Å²) in [7, 11) is -4.21. The second-order valence-corrected chi connectivity index (χ2v) is 6.04. The summed E-state index contributed by atoms with van der Waals surface area (Å²) in [6.45, 7) is -0.579. The van der Waals surface area contributed by atoms with Crippen molar-refractivity contribution < 1.29 is 31.8 Å². The molecule has 0 radical (unpaired) electrons. The van der Waals surface area contributed by atoms with Gasteiger partial charge in [-0.15, -0.1) is 0 Å². The summed E-state index contributed by atoms with van der Waals surface area (Å²) in [6.07, 6.45) is 0. The van der Waals surface area contributed by atoms with Gasteiger partial charge in [0.1, 0.15) is 23.1 Å². The highest BCUT2D eigenvalue weighted by atomic mass is 32.2. The minimum absolute atomic E-state index is 0.142. The van der Waals surface area contributed by atoms with Crippen LogP contribution in [0.3, 0.4) is 0 Å². The van der Waals surface area contributed by atoms with E-state index < -0.39 is 39.9 Å². The van der Waals surface area contributed by atoms with Gasteiger partial charge in [0.05, 0.1) is 4.90 Å². The lowest BCUT2D eigenvalue weighted by atomic mass is 10.3. The van der Waals surface area contributed by atoms with Gasteiger partial charge in [0, 0.05) is 0 Å². The van der Waals surface area contributed by atoms with Gasteiger partial charge >= 0.3 is 5.97 Å². The minimum Gasteiger partial charge on any atom is -0.482 e. The Bertz CT molecular complexity index is 801. The Kier molecular flexibility index (Phi) is 4.80. The van der Waals surface area contributed by atoms with Crippen molar-refractivity contribution >= 4 is 21.7 Å². The number of para-hydroxylation sites is 1. The third-order valence-corrected chi connectivity index (χ3v) is 4.06. The molecular formula is C14H11F2NO5S. The summed E-state index contributed by atoms with van der Waals surface area (Å²) >= 11 is 0. The fraction of sp³-hybridized carbons (Fsp3) is 0.0714. The van der Waals surface area contributed by atoms with Crippen LogP contribution in [0.4, 0.5) is 14.5 Å². The molecule has 9 heteroatoms. The Morgan fingerprint density at radius 1 is 1.09 bits per heavy atom. The normalized spacial score (nSPS) is 11.0. The molecule has 0 spiro atoms. The van der Waals surface area contributed by atoms with Crippen LogP contribution < -0.4 is 9.46 Å². The van der Waals surface area contributed by atoms with Crippen LogP contribution in [0.2, 0.25) is 0 Å². The molecule has 0 atom stereocenters. The quantitative estimate of drug-likeness (QED) is 0.839. The van der Waals surface area contributed by atoms with E-state index in [1.807, 2.05) is 4.72 Å². The predicted octanol–water partition coefficient (Wildman–Crippen LogP) is 2.23. The Morgan fingerprint density at radius 2 is 1.65 bits per heavy atom. The fourth-order valence-electron chi connectivity index (χ4n) is 1.65. The molecule has 23 heavy (non-hydrogen) atoms. The van der Waals surface area contributed by atoms with Crippen LogP contribution in [0, 0.1) is 11.6 Å². The lowest BCUT2D eigenvalue weighted by molar-refractivity contribution is -0.139. The summed E-state index contributed by atoms with van der Waals surface area (Å²) < 4.78 is 57.9. The fourth-order valence-corrected chi connectivity index (χ4v) is 2.72. The number of rotatable bonds is 6. The first-order chi connectivity index (χ1) is 10.8. The Balaban J connectivity index is 2.21. The van der Waals surface area contributed by atoms with Crippen LogP contribution in [0.15, 0.2) is 47.4 Å². The van der Waals surface area contributed by atoms with E-state index in [0.717, 1.165) is 30.3 Å². The van der Waals surface area contributed by atoms with E-state index >= 15 is 0 Å². The number of halogens is 2. The van der Waals surface area contributed by atoms with Gasteiger partial charge in [0.25, 0.3) is 10.0 Å². The zero-order valence-electron chi connectivity index (χ0n) is 11.5. The molecule has 0 aromatic heterocycles. The van der Waals surface area contributed by atoms with Crippen molar-refractivity contribution in [1.82, 2.24) is 0 Å². The smallest absolute Gasteiger partial charge is 0.341 e. The molecule has 2 aromatic carbocycles. The summed E-state index contributed by atoms with van der Waals surface area (Å²) in [5, 5.41) is 8.47. The molecule has 2 rings (SSSR count). The lowest BCUT2D eigenvalue weighted by Crippen LogP contribution is -2.15. The lowest BCUT2D eigenvalue weighted by Gasteiger charge is -2.10. The molecule has 0 bridgehead atoms. The number of sulfonamides is 1. The molecule has 0 unspecified atom stereocenters. The predicted molar refractivity (Wildman–Crippen MR) is 76.7 cm³/mol. The molecule has 0 saturated carbocycles. The number of ether oxygens (including phenoxy) is 1. The van der Waals surface area contributed by atoms with Gasteiger partial charge in [-0.3, -0.25) is 4.72 Å². The monoisotopic (exact) mass is 343 g/mol. The highest BCUT2D eigenvalue weighted by Crippen LogP contribution is 2.23. The summed E-state index contributed by atoms with van der Waals surface area (Å²) in [6, 6.07) is 7.66. The van der Waals surface area contributed by atoms with E-state index in [0.29, 0.717) is 0 Å². The van der Waals surface area contributed by atoms with Crippen molar-refractivity contribution in [2.75, 3.05) is 11.3 Å². The average molecular weight is 343 g/mol. The number of benzene rings is 2. The van der Waals surface area contributed by atoms with E-state index in [2.05, 4.69) is 0 Å². The zero-order valence-corrected chi connectivity index (χ0v) is 12.3. The van der Waals surface area contributed by atoms with Crippen LogP contribution in [-0.4, -0.2) is 26.1 Å². The number of nitrogens with one attached hydrogen (secondary N) is 1. The standard InChI is InChI=1S/C14H11F2NO5S/c15-11-2-1-3-12(16)14(11)17-23(20,21)10-6-4-9(5-7-10)22-8-13(18)19/h1-7,17H,8H2,(H,18,19). The third-order valence-electron chi connectivity index (χ3n) is 2.70. The average Bonchev–Trinajstić information content (AvgIpc) is 2.49. The summed E-state index contributed by atoms with van der Waals surface area (Å²) in [5.41, 5.74) is -0.779. The van der Waals surface area contributed by atoms with Crippen LogP contribution in [0.25, 0.3) is 0 Å². The van der Waals surface area contributed by atoms with Crippen LogP contribution in [0.5, 0.6) is 5.75 Å². The van der Waals surface area contributed by atoms with Crippen molar-refractivity contribution in [2.24, 2.45) is 0 Å². The maximum atomic E-state index is 13.5. The van der Waals surface area contributed by atoms with Gasteiger partial charge < -0.3 is 9.84 Å². The van der Waals surface area contributed by atoms with Gasteiger partial charge in [-0.1, -0.05) is 6.07 Å². The van der Waals surface area contributed by atoms with E-state index in [-0.39, 0.29) is 10.6 Å². The molecule has 122 valence electrons. The van der Waals surface area contributed by atoms with Crippen molar-refractivity contribution in [3.63, 3.8) is 0 Å². The second kappa shape index (κ2) is 6.61. The molecular weight excluding hydrogens is 332 g/mol. The number of hydrogen-bond acceptors (Lipinski definition) is 4. The Labute approximate surface area is 130 Å². The van der Waals surface area contributed by atoms with Crippen LogP contribution in [-0.2, 0) is 14.8 Å². The molecule has 0 saturated heterocycles. The molecule has 2 N–H and O–H groups in total. The van der Waals surface area contributed by atoms with Gasteiger partial charge in [-0.25, -0.2) is 22.0 Å². The zero-order chi connectivity index (χ0) is 17.0. The van der Waals surface area contributed by atoms with E-state index in [4.69, 9.17) is 9.84 Å². The van der Waals surface area contributed by atoms with Gasteiger partial charge in [-0.2, -0.15) is 0 Å². The maximum absolute atomic E-state index is 13.5. The topological polar surface area (TPSA) is 92.7 Å². The first kappa shape index (κ1) is 16.7.